The van der Waals surface area contributed by atoms with Crippen LogP contribution in [0, 0.1) is 23.2 Å². The second kappa shape index (κ2) is 10.6. The van der Waals surface area contributed by atoms with Crippen LogP contribution in [0.25, 0.3) is 6.08 Å². The maximum absolute atomic E-state index is 12.6. The Labute approximate surface area is 190 Å². The molecule has 0 saturated carbocycles. The van der Waals surface area contributed by atoms with Crippen molar-refractivity contribution in [2.75, 3.05) is 31.8 Å². The molecule has 3 rings (SSSR count). The van der Waals surface area contributed by atoms with E-state index in [0.29, 0.717) is 26.3 Å². The third kappa shape index (κ3) is 6.32. The SMILES string of the molecule is CN(CCF)c1ccc(C#Cc2cc3c(n2COCC[Si](C)(C)C)=NC(C#N)CC=3)cc1. The van der Waals surface area contributed by atoms with Crippen molar-refractivity contribution in [1.82, 2.24) is 4.57 Å². The normalized spacial score (nSPS) is 14.9. The van der Waals surface area contributed by atoms with Gasteiger partial charge in [0.1, 0.15) is 24.9 Å². The van der Waals surface area contributed by atoms with Gasteiger partial charge in [-0.15, -0.1) is 0 Å². The standard InChI is InChI=1S/C25H31FN4OSi/c1-29(14-13-26)23-10-5-20(6-11-23)7-12-24-17-21-8-9-22(18-27)28-25(21)30(24)19-31-15-16-32(2,3)4/h5-6,8,10-11,17,22H,9,13-16,19H2,1-4H3. The number of nitrogens with zero attached hydrogens (tertiary/aromatic N) is 4. The summed E-state index contributed by atoms with van der Waals surface area (Å²) in [5.41, 5.74) is 3.42. The highest BCUT2D eigenvalue weighted by Crippen LogP contribution is 2.13. The van der Waals surface area contributed by atoms with Gasteiger partial charge in [0.15, 0.2) is 0 Å². The van der Waals surface area contributed by atoms with Crippen LogP contribution in [0.4, 0.5) is 10.1 Å². The molecular formula is C25H31FN4OSi. The molecule has 0 N–H and O–H groups in total. The first-order valence-electron chi connectivity index (χ1n) is 10.9. The second-order valence-electron chi connectivity index (χ2n) is 9.21. The number of anilines is 1. The smallest absolute Gasteiger partial charge is 0.142 e. The molecule has 2 heterocycles. The Balaban J connectivity index is 1.86. The van der Waals surface area contributed by atoms with E-state index in [0.717, 1.165) is 33.7 Å². The largest absolute Gasteiger partial charge is 0.372 e. The van der Waals surface area contributed by atoms with E-state index in [4.69, 9.17) is 4.74 Å². The number of ether oxygens (including phenoxy) is 1. The number of fused-ring (bicyclic) bond motifs is 1. The van der Waals surface area contributed by atoms with Gasteiger partial charge in [-0.25, -0.2) is 9.38 Å². The van der Waals surface area contributed by atoms with E-state index >= 15 is 0 Å². The predicted molar refractivity (Wildman–Crippen MR) is 129 cm³/mol. The first-order valence-corrected chi connectivity index (χ1v) is 14.7. The minimum atomic E-state index is -1.17. The third-order valence-corrected chi connectivity index (χ3v) is 7.07. The van der Waals surface area contributed by atoms with Gasteiger partial charge in [-0.2, -0.15) is 5.26 Å². The van der Waals surface area contributed by atoms with Crippen LogP contribution in [-0.2, 0) is 11.5 Å². The summed E-state index contributed by atoms with van der Waals surface area (Å²) in [6.07, 6.45) is 2.67. The monoisotopic (exact) mass is 450 g/mol. The molecule has 5 nitrogen and oxygen atoms in total. The molecule has 32 heavy (non-hydrogen) atoms. The fourth-order valence-electron chi connectivity index (χ4n) is 3.33. The summed E-state index contributed by atoms with van der Waals surface area (Å²) < 4.78 is 20.5. The summed E-state index contributed by atoms with van der Waals surface area (Å²) >= 11 is 0. The Morgan fingerprint density at radius 3 is 2.66 bits per heavy atom. The van der Waals surface area contributed by atoms with Gasteiger partial charge in [0.05, 0.1) is 11.8 Å². The average molecular weight is 451 g/mol. The number of halogens is 1. The van der Waals surface area contributed by atoms with E-state index in [1.165, 1.54) is 0 Å². The minimum Gasteiger partial charge on any atom is -0.372 e. The molecule has 7 heteroatoms. The molecule has 1 unspecified atom stereocenters. The van der Waals surface area contributed by atoms with Crippen LogP contribution in [0.5, 0.6) is 0 Å². The molecule has 1 atom stereocenters. The highest BCUT2D eigenvalue weighted by molar-refractivity contribution is 6.76. The quantitative estimate of drug-likeness (QED) is 0.352. The van der Waals surface area contributed by atoms with Crippen molar-refractivity contribution >= 4 is 19.8 Å². The van der Waals surface area contributed by atoms with Gasteiger partial charge in [0, 0.05) is 51.2 Å². The Morgan fingerprint density at radius 2 is 2.00 bits per heavy atom. The molecule has 0 amide bonds. The van der Waals surface area contributed by atoms with Crippen LogP contribution in [0.1, 0.15) is 17.7 Å². The van der Waals surface area contributed by atoms with Crippen LogP contribution < -0.4 is 15.6 Å². The number of alkyl halides is 1. The zero-order valence-corrected chi connectivity index (χ0v) is 20.4. The van der Waals surface area contributed by atoms with Gasteiger partial charge in [0.2, 0.25) is 0 Å². The molecule has 1 aliphatic heterocycles. The highest BCUT2D eigenvalue weighted by Gasteiger charge is 2.15. The molecule has 1 aromatic heterocycles. The highest BCUT2D eigenvalue weighted by atomic mass is 28.3. The first kappa shape index (κ1) is 23.8. The van der Waals surface area contributed by atoms with Crippen molar-refractivity contribution < 1.29 is 9.13 Å². The number of nitriles is 1. The summed E-state index contributed by atoms with van der Waals surface area (Å²) in [7, 11) is 0.694. The van der Waals surface area contributed by atoms with E-state index in [1.54, 1.807) is 0 Å². The zero-order valence-electron chi connectivity index (χ0n) is 19.4. The molecule has 0 radical (unpaired) electrons. The summed E-state index contributed by atoms with van der Waals surface area (Å²) in [5, 5.41) is 10.3. The van der Waals surface area contributed by atoms with Crippen LogP contribution >= 0.6 is 0 Å². The summed E-state index contributed by atoms with van der Waals surface area (Å²) in [6.45, 7) is 8.04. The lowest BCUT2D eigenvalue weighted by atomic mass is 10.2. The fourth-order valence-corrected chi connectivity index (χ4v) is 4.09. The molecule has 2 aromatic rings. The van der Waals surface area contributed by atoms with Crippen LogP contribution in [-0.4, -0.2) is 45.6 Å². The zero-order chi connectivity index (χ0) is 23.1. The van der Waals surface area contributed by atoms with E-state index in [1.807, 2.05) is 46.8 Å². The second-order valence-corrected chi connectivity index (χ2v) is 14.8. The van der Waals surface area contributed by atoms with Crippen LogP contribution in [0.3, 0.4) is 0 Å². The summed E-state index contributed by atoms with van der Waals surface area (Å²) in [4.78, 5) is 6.48. The van der Waals surface area contributed by atoms with E-state index in [9.17, 15) is 9.65 Å². The van der Waals surface area contributed by atoms with E-state index < -0.39 is 8.07 Å². The Morgan fingerprint density at radius 1 is 1.25 bits per heavy atom. The average Bonchev–Trinajstić information content (AvgIpc) is 3.11. The minimum absolute atomic E-state index is 0.367. The van der Waals surface area contributed by atoms with Crippen molar-refractivity contribution in [3.8, 4) is 17.9 Å². The Bertz CT molecular complexity index is 1150. The van der Waals surface area contributed by atoms with E-state index in [2.05, 4.69) is 48.6 Å². The predicted octanol–water partition coefficient (Wildman–Crippen LogP) is 3.30. The van der Waals surface area contributed by atoms with Crippen LogP contribution in [0.15, 0.2) is 35.3 Å². The lowest BCUT2D eigenvalue weighted by Crippen LogP contribution is -2.35. The van der Waals surface area contributed by atoms with Gasteiger partial charge in [-0.05, 0) is 42.3 Å². The van der Waals surface area contributed by atoms with Gasteiger partial charge in [-0.1, -0.05) is 31.6 Å². The van der Waals surface area contributed by atoms with Crippen molar-refractivity contribution in [3.05, 3.63) is 52.3 Å². The van der Waals surface area contributed by atoms with Crippen molar-refractivity contribution in [1.29, 1.82) is 5.26 Å². The molecule has 1 aromatic carbocycles. The molecule has 0 spiro atoms. The number of hydrogen-bond acceptors (Lipinski definition) is 4. The molecule has 0 saturated heterocycles. The van der Waals surface area contributed by atoms with Gasteiger partial charge in [0.25, 0.3) is 0 Å². The lowest BCUT2D eigenvalue weighted by Gasteiger charge is -2.17. The summed E-state index contributed by atoms with van der Waals surface area (Å²) in [6, 6.07) is 12.8. The van der Waals surface area contributed by atoms with Crippen molar-refractivity contribution in [2.24, 2.45) is 4.99 Å². The van der Waals surface area contributed by atoms with Crippen LogP contribution in [0.2, 0.25) is 25.7 Å². The number of rotatable bonds is 8. The molecule has 0 fully saturated rings. The first-order chi connectivity index (χ1) is 15.3. The Kier molecular flexibility index (Phi) is 7.90. The molecular weight excluding hydrogens is 419 g/mol. The maximum Gasteiger partial charge on any atom is 0.142 e. The number of hydrogen-bond donors (Lipinski definition) is 0. The number of aromatic nitrogens is 1. The number of benzene rings is 1. The molecule has 168 valence electrons. The molecule has 1 aliphatic rings. The summed E-state index contributed by atoms with van der Waals surface area (Å²) in [5.74, 6) is 6.47. The maximum atomic E-state index is 12.6. The molecule has 0 aliphatic carbocycles. The Hall–Kier alpha value is -2.87. The fraction of sp³-hybridized carbons (Fsp3) is 0.440. The van der Waals surface area contributed by atoms with Gasteiger partial charge >= 0.3 is 0 Å². The topological polar surface area (TPSA) is 53.5 Å². The van der Waals surface area contributed by atoms with Gasteiger partial charge in [-0.3, -0.25) is 4.57 Å². The lowest BCUT2D eigenvalue weighted by molar-refractivity contribution is 0.0841. The van der Waals surface area contributed by atoms with Gasteiger partial charge < -0.3 is 9.64 Å². The van der Waals surface area contributed by atoms with Crippen molar-refractivity contribution in [2.45, 2.75) is 44.9 Å². The van der Waals surface area contributed by atoms with Crippen molar-refractivity contribution in [3.63, 3.8) is 0 Å². The van der Waals surface area contributed by atoms with E-state index in [-0.39, 0.29) is 12.7 Å². The molecule has 0 bridgehead atoms. The third-order valence-electron chi connectivity index (χ3n) is 5.36.